The number of hydrogen-bond acceptors (Lipinski definition) is 5. The highest BCUT2D eigenvalue weighted by atomic mass is 16.2. The lowest BCUT2D eigenvalue weighted by atomic mass is 9.62. The Morgan fingerprint density at radius 3 is 2.26 bits per heavy atom. The Kier molecular flexibility index (Phi) is 6.98. The lowest BCUT2D eigenvalue weighted by Crippen LogP contribution is -2.48. The van der Waals surface area contributed by atoms with Gasteiger partial charge in [-0.1, -0.05) is 5.92 Å². The van der Waals surface area contributed by atoms with Crippen molar-refractivity contribution in [2.24, 2.45) is 5.41 Å². The van der Waals surface area contributed by atoms with Crippen LogP contribution in [0, 0.1) is 31.1 Å². The van der Waals surface area contributed by atoms with Crippen LogP contribution >= 0.6 is 0 Å². The van der Waals surface area contributed by atoms with Gasteiger partial charge in [0.1, 0.15) is 17.5 Å². The van der Waals surface area contributed by atoms with Gasteiger partial charge >= 0.3 is 0 Å². The number of hydrogen-bond donors (Lipinski definition) is 0. The zero-order valence-electron chi connectivity index (χ0n) is 20.5. The maximum Gasteiger partial charge on any atom is 0.230 e. The zero-order chi connectivity index (χ0) is 25.2. The van der Waals surface area contributed by atoms with Gasteiger partial charge in [0, 0.05) is 49.5 Å². The second kappa shape index (κ2) is 9.95. The summed E-state index contributed by atoms with van der Waals surface area (Å²) < 4.78 is 0. The van der Waals surface area contributed by atoms with E-state index >= 15 is 0 Å². The first-order valence-corrected chi connectivity index (χ1v) is 12.0. The third-order valence-corrected chi connectivity index (χ3v) is 7.37. The van der Waals surface area contributed by atoms with E-state index in [1.807, 2.05) is 26.0 Å². The monoisotopic (exact) mass is 470 g/mol. The Balaban J connectivity index is 1.42. The van der Waals surface area contributed by atoms with Crippen molar-refractivity contribution in [1.29, 1.82) is 0 Å². The number of pyridine rings is 1. The van der Waals surface area contributed by atoms with Crippen molar-refractivity contribution < 1.29 is 19.2 Å². The van der Waals surface area contributed by atoms with Gasteiger partial charge in [-0.25, -0.2) is 0 Å². The van der Waals surface area contributed by atoms with Crippen molar-refractivity contribution in [2.75, 3.05) is 13.1 Å². The smallest absolute Gasteiger partial charge is 0.230 e. The molecule has 2 heterocycles. The first kappa shape index (κ1) is 24.5. The molecule has 2 aromatic rings. The first-order valence-electron chi connectivity index (χ1n) is 12.0. The molecule has 180 valence electrons. The van der Waals surface area contributed by atoms with Crippen LogP contribution in [0.4, 0.5) is 0 Å². The molecule has 0 atom stereocenters. The van der Waals surface area contributed by atoms with Crippen molar-refractivity contribution in [2.45, 2.75) is 58.8 Å². The van der Waals surface area contributed by atoms with Crippen molar-refractivity contribution in [3.8, 4) is 11.8 Å². The maximum absolute atomic E-state index is 13.3. The van der Waals surface area contributed by atoms with Crippen LogP contribution in [0.3, 0.4) is 0 Å². The van der Waals surface area contributed by atoms with Crippen LogP contribution in [-0.2, 0) is 14.4 Å². The number of benzene rings is 1. The van der Waals surface area contributed by atoms with E-state index in [-0.39, 0.29) is 29.7 Å². The van der Waals surface area contributed by atoms with Crippen LogP contribution in [0.15, 0.2) is 36.7 Å². The van der Waals surface area contributed by atoms with Crippen LogP contribution < -0.4 is 0 Å². The van der Waals surface area contributed by atoms with Gasteiger partial charge in [-0.15, -0.1) is 5.92 Å². The fourth-order valence-electron chi connectivity index (χ4n) is 5.62. The summed E-state index contributed by atoms with van der Waals surface area (Å²) in [5.41, 5.74) is 3.57. The molecule has 2 aliphatic rings. The van der Waals surface area contributed by atoms with Crippen molar-refractivity contribution in [1.82, 2.24) is 9.88 Å². The number of piperidine rings is 1. The molecule has 1 saturated heterocycles. The summed E-state index contributed by atoms with van der Waals surface area (Å²) in [7, 11) is 0. The van der Waals surface area contributed by atoms with Gasteiger partial charge in [-0.3, -0.25) is 24.2 Å². The molecule has 0 N–H and O–H groups in total. The number of rotatable bonds is 4. The lowest BCUT2D eigenvalue weighted by Gasteiger charge is -2.44. The molecule has 6 heteroatoms. The minimum absolute atomic E-state index is 0.0340. The van der Waals surface area contributed by atoms with Crippen LogP contribution in [0.25, 0.3) is 0 Å². The standard InChI is InChI=1S/C29H30N2O4/c1-4-6-21-13-19(2)27(20(3)14-21)28-24(33)16-29(17-25(28)34)8-11-31(12-9-29)26(35)15-23(32)22-7-5-10-30-18-22/h5,7,10,13-14,18,28H,8-9,11-12,15-17H2,1-3H3. The molecular weight excluding hydrogens is 440 g/mol. The van der Waals surface area contributed by atoms with Crippen LogP contribution in [0.1, 0.15) is 77.6 Å². The minimum Gasteiger partial charge on any atom is -0.342 e. The number of aryl methyl sites for hydroxylation is 2. The predicted molar refractivity (Wildman–Crippen MR) is 132 cm³/mol. The average Bonchev–Trinajstić information content (AvgIpc) is 2.81. The molecule has 6 nitrogen and oxygen atoms in total. The van der Waals surface area contributed by atoms with Crippen molar-refractivity contribution in [3.63, 3.8) is 0 Å². The quantitative estimate of drug-likeness (QED) is 0.384. The molecule has 1 aliphatic heterocycles. The SMILES string of the molecule is CC#Cc1cc(C)c(C2C(=O)CC3(CCN(C(=O)CC(=O)c4cccnc4)CC3)CC2=O)c(C)c1. The number of carbonyl (C=O) groups excluding carboxylic acids is 4. The number of aromatic nitrogens is 1. The van der Waals surface area contributed by atoms with Gasteiger partial charge in [0.2, 0.25) is 5.91 Å². The van der Waals surface area contributed by atoms with Gasteiger partial charge in [0.15, 0.2) is 5.78 Å². The summed E-state index contributed by atoms with van der Waals surface area (Å²) in [6.07, 6.45) is 4.71. The number of nitrogens with zero attached hydrogens (tertiary/aromatic N) is 2. The molecule has 1 aliphatic carbocycles. The van der Waals surface area contributed by atoms with E-state index in [1.54, 1.807) is 30.2 Å². The molecule has 0 radical (unpaired) electrons. The fraction of sp³-hybridized carbons (Fsp3) is 0.414. The molecule has 4 rings (SSSR count). The fourth-order valence-corrected chi connectivity index (χ4v) is 5.62. The van der Waals surface area contributed by atoms with Gasteiger partial charge in [0.05, 0.1) is 6.42 Å². The normalized spacial score (nSPS) is 17.7. The van der Waals surface area contributed by atoms with Crippen molar-refractivity contribution >= 4 is 23.3 Å². The topological polar surface area (TPSA) is 84.4 Å². The minimum atomic E-state index is -0.721. The maximum atomic E-state index is 13.3. The number of ketones is 3. The summed E-state index contributed by atoms with van der Waals surface area (Å²) in [6.45, 7) is 6.55. The molecule has 1 saturated carbocycles. The van der Waals surface area contributed by atoms with Crippen molar-refractivity contribution in [3.05, 3.63) is 64.5 Å². The van der Waals surface area contributed by atoms with Gasteiger partial charge in [-0.2, -0.15) is 0 Å². The van der Waals surface area contributed by atoms with Gasteiger partial charge < -0.3 is 4.90 Å². The highest BCUT2D eigenvalue weighted by Crippen LogP contribution is 2.46. The molecule has 0 unspecified atom stereocenters. The van der Waals surface area contributed by atoms with E-state index < -0.39 is 11.3 Å². The van der Waals surface area contributed by atoms with E-state index in [1.165, 1.54) is 6.20 Å². The summed E-state index contributed by atoms with van der Waals surface area (Å²) in [4.78, 5) is 57.4. The second-order valence-corrected chi connectivity index (χ2v) is 9.84. The van der Waals surface area contributed by atoms with E-state index in [9.17, 15) is 19.2 Å². The molecule has 1 aromatic carbocycles. The molecule has 0 bridgehead atoms. The van der Waals surface area contributed by atoms with Gasteiger partial charge in [0.25, 0.3) is 0 Å². The van der Waals surface area contributed by atoms with E-state index in [0.717, 1.165) is 22.3 Å². The third-order valence-electron chi connectivity index (χ3n) is 7.37. The van der Waals surface area contributed by atoms with Crippen LogP contribution in [-0.4, -0.2) is 46.2 Å². The zero-order valence-corrected chi connectivity index (χ0v) is 20.5. The molecule has 35 heavy (non-hydrogen) atoms. The van der Waals surface area contributed by atoms with E-state index in [0.29, 0.717) is 44.3 Å². The largest absolute Gasteiger partial charge is 0.342 e. The summed E-state index contributed by atoms with van der Waals surface area (Å²) in [5.74, 6) is 4.67. The molecule has 1 spiro atoms. The lowest BCUT2D eigenvalue weighted by molar-refractivity contribution is -0.140. The van der Waals surface area contributed by atoms with Gasteiger partial charge in [-0.05, 0) is 80.0 Å². The highest BCUT2D eigenvalue weighted by Gasteiger charge is 2.47. The third kappa shape index (κ3) is 5.09. The Morgan fingerprint density at radius 1 is 1.09 bits per heavy atom. The number of Topliss-reactive ketones (excluding diaryl/α,β-unsaturated/α-hetero) is 3. The van der Waals surface area contributed by atoms with Crippen LogP contribution in [0.5, 0.6) is 0 Å². The summed E-state index contributed by atoms with van der Waals surface area (Å²) >= 11 is 0. The Morgan fingerprint density at radius 2 is 1.71 bits per heavy atom. The number of likely N-dealkylation sites (tertiary alicyclic amines) is 1. The first-order chi connectivity index (χ1) is 16.7. The highest BCUT2D eigenvalue weighted by molar-refractivity contribution is 6.11. The Bertz CT molecular complexity index is 1200. The van der Waals surface area contributed by atoms with E-state index in [2.05, 4.69) is 16.8 Å². The summed E-state index contributed by atoms with van der Waals surface area (Å²) in [6, 6.07) is 7.21. The average molecular weight is 471 g/mol. The Labute approximate surface area is 206 Å². The molecule has 1 amide bonds. The molecule has 1 aromatic heterocycles. The van der Waals surface area contributed by atoms with Crippen LogP contribution in [0.2, 0.25) is 0 Å². The number of amides is 1. The van der Waals surface area contributed by atoms with E-state index in [4.69, 9.17) is 0 Å². The predicted octanol–water partition coefficient (Wildman–Crippen LogP) is 3.97. The number of carbonyl (C=O) groups is 4. The molecular formula is C29H30N2O4. The molecule has 2 fully saturated rings. The second-order valence-electron chi connectivity index (χ2n) is 9.84. The summed E-state index contributed by atoms with van der Waals surface area (Å²) in [5, 5.41) is 0. The Hall–Kier alpha value is -3.59.